The molecular formula is C15H11FN2O. The first-order valence-electron chi connectivity index (χ1n) is 5.69. The molecule has 19 heavy (non-hydrogen) atoms. The van der Waals surface area contributed by atoms with Gasteiger partial charge in [0.25, 0.3) is 0 Å². The minimum absolute atomic E-state index is 0.175. The zero-order valence-electron chi connectivity index (χ0n) is 10.1. The molecule has 0 spiro atoms. The standard InChI is InChI=1S/C15H11FN2O/c16-15-8-4-3-6-13(15)10-18-19-11-14-7-2-1-5-12(14)9-17/h1-8,10H,11H2. The van der Waals surface area contributed by atoms with Crippen molar-refractivity contribution in [1.29, 1.82) is 5.26 Å². The first-order valence-corrected chi connectivity index (χ1v) is 5.69. The Hall–Kier alpha value is -2.67. The molecule has 0 radical (unpaired) electrons. The Balaban J connectivity index is 1.98. The molecule has 0 aromatic heterocycles. The van der Waals surface area contributed by atoms with E-state index >= 15 is 0 Å². The highest BCUT2D eigenvalue weighted by atomic mass is 19.1. The van der Waals surface area contributed by atoms with Gasteiger partial charge < -0.3 is 4.84 Å². The summed E-state index contributed by atoms with van der Waals surface area (Å²) in [7, 11) is 0. The van der Waals surface area contributed by atoms with Crippen molar-refractivity contribution in [1.82, 2.24) is 0 Å². The fourth-order valence-corrected chi connectivity index (χ4v) is 1.54. The Labute approximate surface area is 110 Å². The lowest BCUT2D eigenvalue weighted by Gasteiger charge is -2.01. The van der Waals surface area contributed by atoms with Gasteiger partial charge in [-0.1, -0.05) is 41.6 Å². The third kappa shape index (κ3) is 3.39. The van der Waals surface area contributed by atoms with E-state index in [1.165, 1.54) is 12.3 Å². The number of nitriles is 1. The lowest BCUT2D eigenvalue weighted by molar-refractivity contribution is 0.132. The molecule has 2 aromatic rings. The lowest BCUT2D eigenvalue weighted by atomic mass is 10.1. The van der Waals surface area contributed by atoms with Crippen LogP contribution in [0.2, 0.25) is 0 Å². The van der Waals surface area contributed by atoms with Crippen LogP contribution in [0.4, 0.5) is 4.39 Å². The summed E-state index contributed by atoms with van der Waals surface area (Å²) in [6.45, 7) is 0.175. The van der Waals surface area contributed by atoms with Crippen molar-refractivity contribution in [2.45, 2.75) is 6.61 Å². The molecular weight excluding hydrogens is 243 g/mol. The van der Waals surface area contributed by atoms with Gasteiger partial charge in [0.2, 0.25) is 0 Å². The van der Waals surface area contributed by atoms with Crippen molar-refractivity contribution in [2.75, 3.05) is 0 Å². The van der Waals surface area contributed by atoms with E-state index < -0.39 is 0 Å². The van der Waals surface area contributed by atoms with E-state index in [0.29, 0.717) is 11.1 Å². The highest BCUT2D eigenvalue weighted by Gasteiger charge is 2.00. The Bertz CT molecular complexity index is 632. The van der Waals surface area contributed by atoms with Crippen LogP contribution in [0.25, 0.3) is 0 Å². The van der Waals surface area contributed by atoms with Crippen LogP contribution in [0.15, 0.2) is 53.7 Å². The zero-order chi connectivity index (χ0) is 13.5. The monoisotopic (exact) mass is 254 g/mol. The minimum Gasteiger partial charge on any atom is -0.391 e. The molecule has 0 fully saturated rings. The van der Waals surface area contributed by atoms with Crippen molar-refractivity contribution in [2.24, 2.45) is 5.16 Å². The second kappa shape index (κ2) is 6.31. The molecule has 0 N–H and O–H groups in total. The topological polar surface area (TPSA) is 45.4 Å². The van der Waals surface area contributed by atoms with E-state index in [4.69, 9.17) is 10.1 Å². The third-order valence-corrected chi connectivity index (χ3v) is 2.53. The van der Waals surface area contributed by atoms with Gasteiger partial charge >= 0.3 is 0 Å². The second-order valence-electron chi connectivity index (χ2n) is 3.80. The summed E-state index contributed by atoms with van der Waals surface area (Å²) in [5.74, 6) is -0.354. The molecule has 0 atom stereocenters. The molecule has 94 valence electrons. The van der Waals surface area contributed by atoms with Crippen molar-refractivity contribution in [3.63, 3.8) is 0 Å². The summed E-state index contributed by atoms with van der Waals surface area (Å²) >= 11 is 0. The Morgan fingerprint density at radius 1 is 1.16 bits per heavy atom. The largest absolute Gasteiger partial charge is 0.391 e. The highest BCUT2D eigenvalue weighted by Crippen LogP contribution is 2.09. The van der Waals surface area contributed by atoms with Gasteiger partial charge in [0.1, 0.15) is 12.4 Å². The number of benzene rings is 2. The molecule has 0 unspecified atom stereocenters. The van der Waals surface area contributed by atoms with Gasteiger partial charge in [-0.05, 0) is 12.1 Å². The van der Waals surface area contributed by atoms with Gasteiger partial charge in [0.05, 0.1) is 17.8 Å². The number of hydrogen-bond donors (Lipinski definition) is 0. The van der Waals surface area contributed by atoms with Crippen LogP contribution < -0.4 is 0 Å². The van der Waals surface area contributed by atoms with Gasteiger partial charge in [-0.25, -0.2) is 4.39 Å². The SMILES string of the molecule is N#Cc1ccccc1CON=Cc1ccccc1F. The van der Waals surface area contributed by atoms with Crippen molar-refractivity contribution in [3.8, 4) is 6.07 Å². The highest BCUT2D eigenvalue weighted by molar-refractivity contribution is 5.79. The maximum atomic E-state index is 13.3. The van der Waals surface area contributed by atoms with Crippen LogP contribution in [0.5, 0.6) is 0 Å². The summed E-state index contributed by atoms with van der Waals surface area (Å²) in [6, 6.07) is 15.5. The molecule has 0 heterocycles. The van der Waals surface area contributed by atoms with Crippen molar-refractivity contribution >= 4 is 6.21 Å². The molecule has 0 amide bonds. The van der Waals surface area contributed by atoms with Gasteiger partial charge in [0, 0.05) is 11.1 Å². The van der Waals surface area contributed by atoms with E-state index in [1.807, 2.05) is 6.07 Å². The normalized spacial score (nSPS) is 10.3. The summed E-state index contributed by atoms with van der Waals surface area (Å²) in [4.78, 5) is 5.07. The Morgan fingerprint density at radius 3 is 2.68 bits per heavy atom. The molecule has 0 aliphatic heterocycles. The molecule has 3 nitrogen and oxygen atoms in total. The summed E-state index contributed by atoms with van der Waals surface area (Å²) in [6.07, 6.45) is 1.31. The average molecular weight is 254 g/mol. The predicted octanol–water partition coefficient (Wildman–Crippen LogP) is 3.25. The van der Waals surface area contributed by atoms with Crippen LogP contribution in [-0.2, 0) is 11.4 Å². The first-order chi connectivity index (χ1) is 9.31. The van der Waals surface area contributed by atoms with E-state index in [-0.39, 0.29) is 12.4 Å². The number of halogens is 1. The van der Waals surface area contributed by atoms with Gasteiger partial charge in [0.15, 0.2) is 0 Å². The zero-order valence-corrected chi connectivity index (χ0v) is 10.1. The van der Waals surface area contributed by atoms with Crippen molar-refractivity contribution in [3.05, 3.63) is 71.0 Å². The number of hydrogen-bond acceptors (Lipinski definition) is 3. The smallest absolute Gasteiger partial charge is 0.143 e. The Morgan fingerprint density at radius 2 is 1.89 bits per heavy atom. The van der Waals surface area contributed by atoms with Crippen LogP contribution in [0.3, 0.4) is 0 Å². The molecule has 2 rings (SSSR count). The average Bonchev–Trinajstić information content (AvgIpc) is 2.45. The molecule has 0 bridgehead atoms. The summed E-state index contributed by atoms with van der Waals surface area (Å²) < 4.78 is 13.3. The number of nitrogens with zero attached hydrogens (tertiary/aromatic N) is 2. The predicted molar refractivity (Wildman–Crippen MR) is 69.9 cm³/mol. The van der Waals surface area contributed by atoms with Crippen LogP contribution in [0, 0.1) is 17.1 Å². The first kappa shape index (κ1) is 12.8. The van der Waals surface area contributed by atoms with Gasteiger partial charge in [-0.2, -0.15) is 5.26 Å². The van der Waals surface area contributed by atoms with E-state index in [2.05, 4.69) is 11.2 Å². The van der Waals surface area contributed by atoms with Gasteiger partial charge in [-0.3, -0.25) is 0 Å². The fourth-order valence-electron chi connectivity index (χ4n) is 1.54. The third-order valence-electron chi connectivity index (χ3n) is 2.53. The minimum atomic E-state index is -0.354. The van der Waals surface area contributed by atoms with E-state index in [1.54, 1.807) is 36.4 Å². The number of oxime groups is 1. The fraction of sp³-hybridized carbons (Fsp3) is 0.0667. The number of rotatable bonds is 4. The van der Waals surface area contributed by atoms with Crippen LogP contribution >= 0.6 is 0 Å². The maximum Gasteiger partial charge on any atom is 0.143 e. The van der Waals surface area contributed by atoms with Crippen molar-refractivity contribution < 1.29 is 9.23 Å². The van der Waals surface area contributed by atoms with E-state index in [9.17, 15) is 4.39 Å². The van der Waals surface area contributed by atoms with Crippen LogP contribution in [-0.4, -0.2) is 6.21 Å². The quantitative estimate of drug-likeness (QED) is 0.621. The molecule has 0 saturated heterocycles. The lowest BCUT2D eigenvalue weighted by Crippen LogP contribution is -1.93. The van der Waals surface area contributed by atoms with E-state index in [0.717, 1.165) is 5.56 Å². The summed E-state index contributed by atoms with van der Waals surface area (Å²) in [5, 5.41) is 12.6. The van der Waals surface area contributed by atoms with Crippen LogP contribution in [0.1, 0.15) is 16.7 Å². The molecule has 0 aliphatic rings. The van der Waals surface area contributed by atoms with Gasteiger partial charge in [-0.15, -0.1) is 0 Å². The molecule has 2 aromatic carbocycles. The second-order valence-corrected chi connectivity index (χ2v) is 3.80. The molecule has 4 heteroatoms. The summed E-state index contributed by atoms with van der Waals surface area (Å²) in [5.41, 5.74) is 1.65. The Kier molecular flexibility index (Phi) is 4.25. The molecule has 0 aliphatic carbocycles. The maximum absolute atomic E-state index is 13.3. The molecule has 0 saturated carbocycles.